The summed E-state index contributed by atoms with van der Waals surface area (Å²) in [5.74, 6) is -0.202. The molecule has 0 amide bonds. The van der Waals surface area contributed by atoms with Crippen LogP contribution in [-0.2, 0) is 4.79 Å². The fourth-order valence-electron chi connectivity index (χ4n) is 0.981. The molecule has 0 radical (unpaired) electrons. The van der Waals surface area contributed by atoms with E-state index in [9.17, 15) is 4.79 Å². The van der Waals surface area contributed by atoms with Gasteiger partial charge in [0.2, 0.25) is 0 Å². The second-order valence-corrected chi connectivity index (χ2v) is 4.72. The van der Waals surface area contributed by atoms with Crippen molar-refractivity contribution in [1.82, 2.24) is 0 Å². The van der Waals surface area contributed by atoms with Crippen LogP contribution in [0.2, 0.25) is 0 Å². The van der Waals surface area contributed by atoms with Gasteiger partial charge in [0.25, 0.3) is 0 Å². The second-order valence-electron chi connectivity index (χ2n) is 2.95. The Kier molecular flexibility index (Phi) is 5.55. The Hall–Kier alpha value is -0.810. The minimum Gasteiger partial charge on any atom is -0.493 e. The van der Waals surface area contributed by atoms with Crippen molar-refractivity contribution in [3.05, 3.63) is 39.3 Å². The average Bonchev–Trinajstić information content (AvgIpc) is 2.26. The van der Waals surface area contributed by atoms with Gasteiger partial charge in [0.15, 0.2) is 0 Å². The van der Waals surface area contributed by atoms with Gasteiger partial charge in [-0.25, -0.2) is 4.79 Å². The van der Waals surface area contributed by atoms with Crippen molar-refractivity contribution in [3.8, 4) is 5.75 Å². The molecule has 0 atom stereocenters. The molecule has 0 saturated carbocycles. The van der Waals surface area contributed by atoms with Crippen molar-refractivity contribution >= 4 is 37.8 Å². The first-order chi connectivity index (χ1) is 7.59. The predicted octanol–water partition coefficient (Wildman–Crippen LogP) is 3.58. The van der Waals surface area contributed by atoms with Gasteiger partial charge in [-0.15, -0.1) is 0 Å². The summed E-state index contributed by atoms with van der Waals surface area (Å²) in [4.78, 5) is 10.4. The number of carbonyl (C=O) groups is 1. The van der Waals surface area contributed by atoms with Crippen LogP contribution in [0.1, 0.15) is 6.42 Å². The van der Waals surface area contributed by atoms with Crippen LogP contribution >= 0.6 is 31.9 Å². The Morgan fingerprint density at radius 2 is 2.00 bits per heavy atom. The smallest absolute Gasteiger partial charge is 0.342 e. The molecule has 0 spiro atoms. The van der Waals surface area contributed by atoms with Crippen LogP contribution < -0.4 is 4.74 Å². The van der Waals surface area contributed by atoms with Gasteiger partial charge in [0.05, 0.1) is 11.1 Å². The van der Waals surface area contributed by atoms with Gasteiger partial charge in [-0.3, -0.25) is 0 Å². The highest BCUT2D eigenvalue weighted by Gasteiger charge is 2.00. The fourth-order valence-corrected chi connectivity index (χ4v) is 1.47. The second kappa shape index (κ2) is 6.70. The minimum atomic E-state index is -0.969. The maximum absolute atomic E-state index is 10.4. The van der Waals surface area contributed by atoms with E-state index in [0.29, 0.717) is 13.0 Å². The lowest BCUT2D eigenvalue weighted by molar-refractivity contribution is -0.131. The van der Waals surface area contributed by atoms with Gasteiger partial charge in [0.1, 0.15) is 5.75 Å². The molecule has 0 aromatic heterocycles. The van der Waals surface area contributed by atoms with Crippen LogP contribution in [0.4, 0.5) is 0 Å². The quantitative estimate of drug-likeness (QED) is 0.652. The first kappa shape index (κ1) is 13.3. The highest BCUT2D eigenvalue weighted by atomic mass is 79.9. The maximum Gasteiger partial charge on any atom is 0.342 e. The van der Waals surface area contributed by atoms with Crippen LogP contribution in [-0.4, -0.2) is 17.7 Å². The third kappa shape index (κ3) is 4.81. The van der Waals surface area contributed by atoms with Gasteiger partial charge in [0, 0.05) is 10.9 Å². The maximum atomic E-state index is 10.4. The molecule has 0 aliphatic rings. The molecular formula is C11H10Br2O3. The van der Waals surface area contributed by atoms with E-state index in [1.807, 2.05) is 24.3 Å². The van der Waals surface area contributed by atoms with E-state index in [1.165, 1.54) is 0 Å². The van der Waals surface area contributed by atoms with Gasteiger partial charge >= 0.3 is 5.97 Å². The third-order valence-electron chi connectivity index (χ3n) is 1.73. The number of carboxylic acids is 1. The highest BCUT2D eigenvalue weighted by Crippen LogP contribution is 2.16. The molecule has 0 heterocycles. The van der Waals surface area contributed by atoms with Crippen molar-refractivity contribution < 1.29 is 14.6 Å². The number of benzene rings is 1. The van der Waals surface area contributed by atoms with Crippen LogP contribution in [0.3, 0.4) is 0 Å². The predicted molar refractivity (Wildman–Crippen MR) is 68.9 cm³/mol. The van der Waals surface area contributed by atoms with E-state index in [1.54, 1.807) is 6.08 Å². The average molecular weight is 350 g/mol. The Bertz CT molecular complexity index is 385. The highest BCUT2D eigenvalue weighted by molar-refractivity contribution is 9.12. The van der Waals surface area contributed by atoms with Crippen LogP contribution in [0, 0.1) is 0 Å². The van der Waals surface area contributed by atoms with E-state index in [0.717, 1.165) is 10.2 Å². The number of hydrogen-bond acceptors (Lipinski definition) is 2. The Balaban J connectivity index is 2.34. The number of carboxylic acid groups (broad SMARTS) is 1. The van der Waals surface area contributed by atoms with Gasteiger partial charge in [-0.2, -0.15) is 0 Å². The minimum absolute atomic E-state index is 0.159. The van der Waals surface area contributed by atoms with E-state index >= 15 is 0 Å². The number of halogens is 2. The molecule has 1 aromatic rings. The summed E-state index contributed by atoms with van der Waals surface area (Å²) in [6.07, 6.45) is 2.12. The molecule has 1 rings (SSSR count). The largest absolute Gasteiger partial charge is 0.493 e. The molecule has 3 nitrogen and oxygen atoms in total. The molecule has 1 N–H and O–H groups in total. The van der Waals surface area contributed by atoms with Gasteiger partial charge in [-0.05, 0) is 40.2 Å². The number of ether oxygens (including phenoxy) is 1. The molecule has 0 fully saturated rings. The monoisotopic (exact) mass is 348 g/mol. The van der Waals surface area contributed by atoms with Crippen LogP contribution in [0.15, 0.2) is 39.3 Å². The van der Waals surface area contributed by atoms with E-state index in [2.05, 4.69) is 31.9 Å². The molecule has 0 bridgehead atoms. The fraction of sp³-hybridized carbons (Fsp3) is 0.182. The lowest BCUT2D eigenvalue weighted by Crippen LogP contribution is -1.98. The van der Waals surface area contributed by atoms with E-state index < -0.39 is 5.97 Å². The molecule has 0 saturated heterocycles. The Morgan fingerprint density at radius 1 is 1.38 bits per heavy atom. The lowest BCUT2D eigenvalue weighted by atomic mass is 10.3. The summed E-state index contributed by atoms with van der Waals surface area (Å²) in [7, 11) is 0. The van der Waals surface area contributed by atoms with Crippen LogP contribution in [0.25, 0.3) is 0 Å². The van der Waals surface area contributed by atoms with Crippen LogP contribution in [0.5, 0.6) is 5.75 Å². The number of aliphatic carboxylic acids is 1. The molecular weight excluding hydrogens is 340 g/mol. The summed E-state index contributed by atoms with van der Waals surface area (Å²) in [6, 6.07) is 7.47. The van der Waals surface area contributed by atoms with Crippen molar-refractivity contribution in [2.45, 2.75) is 6.42 Å². The molecule has 0 aliphatic heterocycles. The molecule has 1 aromatic carbocycles. The zero-order chi connectivity index (χ0) is 12.0. The van der Waals surface area contributed by atoms with Crippen molar-refractivity contribution in [2.24, 2.45) is 0 Å². The van der Waals surface area contributed by atoms with Crippen molar-refractivity contribution in [3.63, 3.8) is 0 Å². The summed E-state index contributed by atoms with van der Waals surface area (Å²) < 4.78 is 6.56. The molecule has 5 heteroatoms. The Morgan fingerprint density at radius 3 is 2.56 bits per heavy atom. The zero-order valence-electron chi connectivity index (χ0n) is 8.32. The standard InChI is InChI=1S/C11H10Br2O3/c12-8-3-5-9(6-4-8)16-7-1-2-10(13)11(14)15/h2-6H,1,7H2,(H,14,15). The SMILES string of the molecule is O=C(O)C(Br)=CCCOc1ccc(Br)cc1. The topological polar surface area (TPSA) is 46.5 Å². The third-order valence-corrected chi connectivity index (χ3v) is 2.92. The summed E-state index contributed by atoms with van der Waals surface area (Å²) in [5.41, 5.74) is 0. The molecule has 0 aliphatic carbocycles. The molecule has 0 unspecified atom stereocenters. The molecule has 86 valence electrons. The summed E-state index contributed by atoms with van der Waals surface area (Å²) >= 11 is 6.26. The Labute approximate surface area is 110 Å². The summed E-state index contributed by atoms with van der Waals surface area (Å²) in [6.45, 7) is 0.448. The van der Waals surface area contributed by atoms with Gasteiger partial charge in [-0.1, -0.05) is 22.0 Å². The summed E-state index contributed by atoms with van der Waals surface area (Å²) in [5, 5.41) is 8.57. The number of hydrogen-bond donors (Lipinski definition) is 1. The number of rotatable bonds is 5. The van der Waals surface area contributed by atoms with Crippen molar-refractivity contribution in [2.75, 3.05) is 6.61 Å². The first-order valence-corrected chi connectivity index (χ1v) is 6.15. The van der Waals surface area contributed by atoms with E-state index in [4.69, 9.17) is 9.84 Å². The lowest BCUT2D eigenvalue weighted by Gasteiger charge is -2.03. The van der Waals surface area contributed by atoms with Crippen molar-refractivity contribution in [1.29, 1.82) is 0 Å². The molecule has 16 heavy (non-hydrogen) atoms. The zero-order valence-corrected chi connectivity index (χ0v) is 11.5. The first-order valence-electron chi connectivity index (χ1n) is 4.57. The van der Waals surface area contributed by atoms with Gasteiger partial charge < -0.3 is 9.84 Å². The van der Waals surface area contributed by atoms with E-state index in [-0.39, 0.29) is 4.48 Å². The normalized spacial score (nSPS) is 11.2.